The van der Waals surface area contributed by atoms with Crippen molar-refractivity contribution in [2.24, 2.45) is 0 Å². The number of amides is 1. The Balaban J connectivity index is 1.58. The number of halogens is 1. The first-order valence-electron chi connectivity index (χ1n) is 7.69. The molecule has 6 heteroatoms. The van der Waals surface area contributed by atoms with E-state index >= 15 is 0 Å². The van der Waals surface area contributed by atoms with Crippen LogP contribution in [0.3, 0.4) is 0 Å². The molecule has 4 nitrogen and oxygen atoms in total. The first-order chi connectivity index (χ1) is 11.2. The first-order valence-corrected chi connectivity index (χ1v) is 8.89. The molecule has 1 amide bonds. The number of nitrogens with one attached hydrogen (secondary N) is 1. The number of imidazole rings is 1. The second-order valence-corrected chi connectivity index (χ2v) is 7.26. The van der Waals surface area contributed by atoms with E-state index in [1.165, 1.54) is 11.3 Å². The molecule has 1 saturated carbocycles. The Morgan fingerprint density at radius 2 is 2.22 bits per heavy atom. The highest BCUT2D eigenvalue weighted by Gasteiger charge is 2.30. The summed E-state index contributed by atoms with van der Waals surface area (Å²) in [7, 11) is 0. The normalized spacial score (nSPS) is 20.9. The van der Waals surface area contributed by atoms with E-state index in [2.05, 4.69) is 14.9 Å². The van der Waals surface area contributed by atoms with Gasteiger partial charge in [-0.1, -0.05) is 29.8 Å². The van der Waals surface area contributed by atoms with Gasteiger partial charge in [-0.3, -0.25) is 4.79 Å². The summed E-state index contributed by atoms with van der Waals surface area (Å²) in [6.07, 6.45) is 8.70. The quantitative estimate of drug-likeness (QED) is 0.770. The van der Waals surface area contributed by atoms with Gasteiger partial charge in [0, 0.05) is 28.5 Å². The highest BCUT2D eigenvalue weighted by Crippen LogP contribution is 2.36. The van der Waals surface area contributed by atoms with E-state index in [0.717, 1.165) is 29.3 Å². The van der Waals surface area contributed by atoms with Crippen LogP contribution in [-0.2, 0) is 0 Å². The van der Waals surface area contributed by atoms with Gasteiger partial charge in [-0.05, 0) is 25.3 Å². The molecule has 0 bridgehead atoms. The zero-order chi connectivity index (χ0) is 15.8. The van der Waals surface area contributed by atoms with E-state index < -0.39 is 0 Å². The minimum Gasteiger partial charge on any atom is -0.346 e. The number of carbonyl (C=O) groups excluding carboxylic acids is 1. The van der Waals surface area contributed by atoms with Crippen LogP contribution in [0.25, 0.3) is 10.1 Å². The molecule has 1 N–H and O–H groups in total. The predicted octanol–water partition coefficient (Wildman–Crippen LogP) is 4.27. The third-order valence-electron chi connectivity index (χ3n) is 4.44. The average Bonchev–Trinajstić information content (AvgIpc) is 3.27. The average molecular weight is 346 g/mol. The Morgan fingerprint density at radius 3 is 3.00 bits per heavy atom. The number of hydrogen-bond acceptors (Lipinski definition) is 3. The Bertz CT molecular complexity index is 843. The second kappa shape index (κ2) is 5.98. The zero-order valence-electron chi connectivity index (χ0n) is 12.4. The molecule has 0 aliphatic heterocycles. The third-order valence-corrected chi connectivity index (χ3v) is 6.12. The van der Waals surface area contributed by atoms with Gasteiger partial charge in [-0.2, -0.15) is 0 Å². The van der Waals surface area contributed by atoms with Gasteiger partial charge in [-0.25, -0.2) is 4.98 Å². The molecule has 0 saturated heterocycles. The van der Waals surface area contributed by atoms with Gasteiger partial charge >= 0.3 is 0 Å². The maximum Gasteiger partial charge on any atom is 0.263 e. The summed E-state index contributed by atoms with van der Waals surface area (Å²) >= 11 is 7.86. The summed E-state index contributed by atoms with van der Waals surface area (Å²) in [6.45, 7) is 0. The highest BCUT2D eigenvalue weighted by atomic mass is 35.5. The van der Waals surface area contributed by atoms with Crippen molar-refractivity contribution < 1.29 is 4.79 Å². The Labute approximate surface area is 143 Å². The largest absolute Gasteiger partial charge is 0.346 e. The van der Waals surface area contributed by atoms with Crippen LogP contribution in [0.1, 0.15) is 35.0 Å². The van der Waals surface area contributed by atoms with Crippen LogP contribution in [0.2, 0.25) is 5.02 Å². The van der Waals surface area contributed by atoms with Crippen molar-refractivity contribution in [3.8, 4) is 0 Å². The van der Waals surface area contributed by atoms with Crippen LogP contribution in [-0.4, -0.2) is 21.5 Å². The Kier molecular flexibility index (Phi) is 3.83. The lowest BCUT2D eigenvalue weighted by atomic mass is 10.1. The summed E-state index contributed by atoms with van der Waals surface area (Å²) in [5.74, 6) is -0.0757. The SMILES string of the molecule is O=C(N[C@@H]1CCC[C@@H]1n1ccnc1)c1sc2ccccc2c1Cl. The number of rotatable bonds is 3. The molecule has 1 aliphatic rings. The van der Waals surface area contributed by atoms with E-state index in [-0.39, 0.29) is 18.0 Å². The van der Waals surface area contributed by atoms with E-state index in [4.69, 9.17) is 11.6 Å². The molecule has 0 radical (unpaired) electrons. The van der Waals surface area contributed by atoms with Crippen LogP contribution < -0.4 is 5.32 Å². The van der Waals surface area contributed by atoms with Crippen LogP contribution >= 0.6 is 22.9 Å². The van der Waals surface area contributed by atoms with Crippen molar-refractivity contribution in [2.75, 3.05) is 0 Å². The lowest BCUT2D eigenvalue weighted by Gasteiger charge is -2.21. The van der Waals surface area contributed by atoms with Crippen molar-refractivity contribution in [2.45, 2.75) is 31.3 Å². The van der Waals surface area contributed by atoms with Gasteiger partial charge in [0.25, 0.3) is 5.91 Å². The number of aromatic nitrogens is 2. The van der Waals surface area contributed by atoms with Gasteiger partial charge in [-0.15, -0.1) is 11.3 Å². The molecule has 0 unspecified atom stereocenters. The number of carbonyl (C=O) groups is 1. The van der Waals surface area contributed by atoms with Crippen LogP contribution in [0, 0.1) is 0 Å². The lowest BCUT2D eigenvalue weighted by Crippen LogP contribution is -2.37. The minimum atomic E-state index is -0.0757. The molecule has 1 fully saturated rings. The summed E-state index contributed by atoms with van der Waals surface area (Å²) in [5.41, 5.74) is 0. The Hall–Kier alpha value is -1.85. The monoisotopic (exact) mass is 345 g/mol. The molecular formula is C17H16ClN3OS. The standard InChI is InChI=1S/C17H16ClN3OS/c18-15-11-4-1-2-7-14(11)23-16(15)17(22)20-12-5-3-6-13(12)21-9-8-19-10-21/h1-2,4,7-10,12-13H,3,5-6H2,(H,20,22)/t12-,13+/m1/s1. The molecule has 2 heterocycles. The zero-order valence-corrected chi connectivity index (χ0v) is 14.0. The Morgan fingerprint density at radius 1 is 1.35 bits per heavy atom. The summed E-state index contributed by atoms with van der Waals surface area (Å²) in [5, 5.41) is 4.68. The maximum absolute atomic E-state index is 12.7. The van der Waals surface area contributed by atoms with E-state index in [1.54, 1.807) is 6.20 Å². The fourth-order valence-corrected chi connectivity index (χ4v) is 4.75. The van der Waals surface area contributed by atoms with Crippen molar-refractivity contribution in [3.05, 3.63) is 52.9 Å². The van der Waals surface area contributed by atoms with E-state index in [0.29, 0.717) is 9.90 Å². The van der Waals surface area contributed by atoms with Crippen molar-refractivity contribution >= 4 is 38.9 Å². The molecular weight excluding hydrogens is 330 g/mol. The molecule has 118 valence electrons. The molecule has 1 aliphatic carbocycles. The number of thiophene rings is 1. The molecule has 0 spiro atoms. The van der Waals surface area contributed by atoms with Gasteiger partial charge in [0.05, 0.1) is 17.4 Å². The minimum absolute atomic E-state index is 0.0757. The number of nitrogens with zero attached hydrogens (tertiary/aromatic N) is 2. The van der Waals surface area contributed by atoms with E-state index in [1.807, 2.05) is 36.8 Å². The van der Waals surface area contributed by atoms with Crippen LogP contribution in [0.4, 0.5) is 0 Å². The lowest BCUT2D eigenvalue weighted by molar-refractivity contribution is 0.0933. The van der Waals surface area contributed by atoms with Gasteiger partial charge in [0.15, 0.2) is 0 Å². The number of hydrogen-bond donors (Lipinski definition) is 1. The maximum atomic E-state index is 12.7. The van der Waals surface area contributed by atoms with Crippen molar-refractivity contribution in [1.29, 1.82) is 0 Å². The highest BCUT2D eigenvalue weighted by molar-refractivity contribution is 7.21. The first kappa shape index (κ1) is 14.7. The van der Waals surface area contributed by atoms with Gasteiger partial charge < -0.3 is 9.88 Å². The van der Waals surface area contributed by atoms with Gasteiger partial charge in [0.2, 0.25) is 0 Å². The third kappa shape index (κ3) is 2.64. The molecule has 2 atom stereocenters. The van der Waals surface area contributed by atoms with Crippen molar-refractivity contribution in [1.82, 2.24) is 14.9 Å². The van der Waals surface area contributed by atoms with Crippen LogP contribution in [0.15, 0.2) is 43.0 Å². The van der Waals surface area contributed by atoms with Crippen LogP contribution in [0.5, 0.6) is 0 Å². The van der Waals surface area contributed by atoms with Gasteiger partial charge in [0.1, 0.15) is 4.88 Å². The topological polar surface area (TPSA) is 46.9 Å². The van der Waals surface area contributed by atoms with E-state index in [9.17, 15) is 4.79 Å². The summed E-state index contributed by atoms with van der Waals surface area (Å²) in [4.78, 5) is 17.4. The second-order valence-electron chi connectivity index (χ2n) is 5.83. The fraction of sp³-hybridized carbons (Fsp3) is 0.294. The smallest absolute Gasteiger partial charge is 0.263 e. The summed E-state index contributed by atoms with van der Waals surface area (Å²) < 4.78 is 3.13. The number of fused-ring (bicyclic) bond motifs is 1. The molecule has 1 aromatic carbocycles. The van der Waals surface area contributed by atoms with Crippen molar-refractivity contribution in [3.63, 3.8) is 0 Å². The molecule has 4 rings (SSSR count). The molecule has 3 aromatic rings. The predicted molar refractivity (Wildman–Crippen MR) is 93.2 cm³/mol. The molecule has 23 heavy (non-hydrogen) atoms. The molecule has 2 aromatic heterocycles. The summed E-state index contributed by atoms with van der Waals surface area (Å²) in [6, 6.07) is 8.24. The fourth-order valence-electron chi connectivity index (χ4n) is 3.33. The number of benzene rings is 1.